The largest absolute Gasteiger partial charge is 0.493 e. The van der Waals surface area contributed by atoms with Gasteiger partial charge in [-0.15, -0.1) is 0 Å². The first-order chi connectivity index (χ1) is 11.4. The Balaban J connectivity index is 2.02. The van der Waals surface area contributed by atoms with Gasteiger partial charge >= 0.3 is 5.97 Å². The summed E-state index contributed by atoms with van der Waals surface area (Å²) in [6.45, 7) is 4.97. The van der Waals surface area contributed by atoms with Crippen molar-refractivity contribution in [3.8, 4) is 17.2 Å². The number of methoxy groups -OCH3 is 4. The number of ether oxygens (including phenoxy) is 5. The average molecular weight is 338 g/mol. The van der Waals surface area contributed by atoms with Crippen LogP contribution >= 0.6 is 0 Å². The van der Waals surface area contributed by atoms with E-state index in [0.29, 0.717) is 30.5 Å². The molecule has 24 heavy (non-hydrogen) atoms. The van der Waals surface area contributed by atoms with Crippen molar-refractivity contribution in [2.24, 2.45) is 17.3 Å². The van der Waals surface area contributed by atoms with Crippen LogP contribution in [0.3, 0.4) is 0 Å². The van der Waals surface area contributed by atoms with E-state index in [-0.39, 0.29) is 23.2 Å². The first-order valence-electron chi connectivity index (χ1n) is 7.85. The topological polar surface area (TPSA) is 63.2 Å². The van der Waals surface area contributed by atoms with Crippen molar-refractivity contribution in [3.63, 3.8) is 0 Å². The van der Waals surface area contributed by atoms with Gasteiger partial charge in [0.05, 0.1) is 47.6 Å². The molecule has 1 aromatic rings. The third-order valence-electron chi connectivity index (χ3n) is 4.85. The van der Waals surface area contributed by atoms with Gasteiger partial charge in [0.15, 0.2) is 11.5 Å². The van der Waals surface area contributed by atoms with Gasteiger partial charge in [-0.25, -0.2) is 0 Å². The van der Waals surface area contributed by atoms with Crippen LogP contribution in [0.15, 0.2) is 12.1 Å². The van der Waals surface area contributed by atoms with Gasteiger partial charge in [-0.05, 0) is 17.5 Å². The maximum atomic E-state index is 11.8. The van der Waals surface area contributed by atoms with E-state index in [1.807, 2.05) is 12.1 Å². The third kappa shape index (κ3) is 3.29. The average Bonchev–Trinajstić information content (AvgIpc) is 3.13. The molecule has 0 spiro atoms. The van der Waals surface area contributed by atoms with Gasteiger partial charge in [-0.2, -0.15) is 0 Å². The van der Waals surface area contributed by atoms with Crippen molar-refractivity contribution < 1.29 is 28.5 Å². The molecule has 134 valence electrons. The molecule has 2 unspecified atom stereocenters. The fourth-order valence-electron chi connectivity index (χ4n) is 3.22. The molecule has 6 nitrogen and oxygen atoms in total. The predicted molar refractivity (Wildman–Crippen MR) is 88.5 cm³/mol. The Labute approximate surface area is 143 Å². The lowest BCUT2D eigenvalue weighted by Gasteiger charge is -2.16. The second kappa shape index (κ2) is 7.30. The van der Waals surface area contributed by atoms with Crippen LogP contribution in [-0.2, 0) is 20.9 Å². The number of hydrogen-bond donors (Lipinski definition) is 0. The van der Waals surface area contributed by atoms with E-state index >= 15 is 0 Å². The Bertz CT molecular complexity index is 595. The summed E-state index contributed by atoms with van der Waals surface area (Å²) < 4.78 is 26.8. The molecule has 0 N–H and O–H groups in total. The summed E-state index contributed by atoms with van der Waals surface area (Å²) >= 11 is 0. The van der Waals surface area contributed by atoms with Crippen molar-refractivity contribution in [1.82, 2.24) is 0 Å². The Hall–Kier alpha value is -1.95. The van der Waals surface area contributed by atoms with Crippen LogP contribution in [0, 0.1) is 17.3 Å². The first-order valence-corrected chi connectivity index (χ1v) is 7.85. The van der Waals surface area contributed by atoms with Crippen LogP contribution in [-0.4, -0.2) is 41.0 Å². The lowest BCUT2D eigenvalue weighted by Crippen LogP contribution is -2.08. The SMILES string of the molecule is COC(=O)C1C(COCc2ccc(OC)c(OC)c2OC)C1(C)C. The molecule has 1 fully saturated rings. The van der Waals surface area contributed by atoms with Gasteiger partial charge in [0.2, 0.25) is 5.75 Å². The molecule has 2 atom stereocenters. The Morgan fingerprint density at radius 1 is 1.04 bits per heavy atom. The molecule has 0 aliphatic heterocycles. The molecule has 0 amide bonds. The van der Waals surface area contributed by atoms with Crippen LogP contribution in [0.4, 0.5) is 0 Å². The standard InChI is InChI=1S/C18H26O6/c1-18(2)12(14(18)17(19)23-6)10-24-9-11-7-8-13(20-3)16(22-5)15(11)21-4/h7-8,12,14H,9-10H2,1-6H3. The van der Waals surface area contributed by atoms with E-state index < -0.39 is 0 Å². The van der Waals surface area contributed by atoms with E-state index in [9.17, 15) is 4.79 Å². The minimum atomic E-state index is -0.169. The number of carbonyl (C=O) groups excluding carboxylic acids is 1. The zero-order valence-corrected chi connectivity index (χ0v) is 15.2. The quantitative estimate of drug-likeness (QED) is 0.679. The summed E-state index contributed by atoms with van der Waals surface area (Å²) in [5, 5.41) is 0. The number of hydrogen-bond acceptors (Lipinski definition) is 6. The van der Waals surface area contributed by atoms with Crippen LogP contribution in [0.1, 0.15) is 19.4 Å². The number of esters is 1. The summed E-state index contributed by atoms with van der Waals surface area (Å²) in [6.07, 6.45) is 0. The van der Waals surface area contributed by atoms with E-state index in [4.69, 9.17) is 23.7 Å². The lowest BCUT2D eigenvalue weighted by molar-refractivity contribution is -0.143. The zero-order chi connectivity index (χ0) is 17.9. The molecule has 0 aromatic heterocycles. The number of carbonyl (C=O) groups is 1. The molecule has 1 aliphatic carbocycles. The molecular weight excluding hydrogens is 312 g/mol. The summed E-state index contributed by atoms with van der Waals surface area (Å²) in [5.41, 5.74) is 0.776. The van der Waals surface area contributed by atoms with Gasteiger partial charge in [0.25, 0.3) is 0 Å². The minimum absolute atomic E-state index is 0.0885. The van der Waals surface area contributed by atoms with Crippen molar-refractivity contribution in [1.29, 1.82) is 0 Å². The van der Waals surface area contributed by atoms with E-state index in [1.54, 1.807) is 21.3 Å². The summed E-state index contributed by atoms with van der Waals surface area (Å²) in [7, 11) is 6.15. The number of rotatable bonds is 8. The monoisotopic (exact) mass is 338 g/mol. The summed E-state index contributed by atoms with van der Waals surface area (Å²) in [4.78, 5) is 11.8. The molecule has 0 radical (unpaired) electrons. The lowest BCUT2D eigenvalue weighted by atomic mass is 10.1. The zero-order valence-electron chi connectivity index (χ0n) is 15.2. The van der Waals surface area contributed by atoms with Gasteiger partial charge in [-0.3, -0.25) is 4.79 Å². The molecule has 1 aromatic carbocycles. The highest BCUT2D eigenvalue weighted by molar-refractivity contribution is 5.77. The van der Waals surface area contributed by atoms with Crippen molar-refractivity contribution in [2.45, 2.75) is 20.5 Å². The molecule has 1 aliphatic rings. The van der Waals surface area contributed by atoms with E-state index in [1.165, 1.54) is 7.11 Å². The van der Waals surface area contributed by atoms with Crippen LogP contribution in [0.5, 0.6) is 17.2 Å². The maximum absolute atomic E-state index is 11.8. The first kappa shape index (κ1) is 18.4. The van der Waals surface area contributed by atoms with Gasteiger partial charge in [-0.1, -0.05) is 13.8 Å². The highest BCUT2D eigenvalue weighted by Gasteiger charge is 2.62. The summed E-state index contributed by atoms with van der Waals surface area (Å²) in [5.74, 6) is 1.63. The second-order valence-corrected chi connectivity index (χ2v) is 6.44. The summed E-state index contributed by atoms with van der Waals surface area (Å²) in [6, 6.07) is 3.70. The van der Waals surface area contributed by atoms with Crippen LogP contribution < -0.4 is 14.2 Å². The smallest absolute Gasteiger partial charge is 0.309 e. The second-order valence-electron chi connectivity index (χ2n) is 6.44. The predicted octanol–water partition coefficient (Wildman–Crippen LogP) is 2.67. The highest BCUT2D eigenvalue weighted by atomic mass is 16.5. The molecule has 6 heteroatoms. The van der Waals surface area contributed by atoms with E-state index in [0.717, 1.165) is 5.56 Å². The maximum Gasteiger partial charge on any atom is 0.309 e. The van der Waals surface area contributed by atoms with E-state index in [2.05, 4.69) is 13.8 Å². The molecular formula is C18H26O6. The number of benzene rings is 1. The normalized spacial score (nSPS) is 21.1. The van der Waals surface area contributed by atoms with Gasteiger partial charge < -0.3 is 23.7 Å². The Morgan fingerprint density at radius 3 is 2.25 bits per heavy atom. The Kier molecular flexibility index (Phi) is 5.59. The molecule has 0 heterocycles. The fourth-order valence-corrected chi connectivity index (χ4v) is 3.22. The molecule has 0 saturated heterocycles. The van der Waals surface area contributed by atoms with Crippen molar-refractivity contribution in [2.75, 3.05) is 35.0 Å². The highest BCUT2D eigenvalue weighted by Crippen LogP contribution is 2.58. The van der Waals surface area contributed by atoms with Crippen LogP contribution in [0.25, 0.3) is 0 Å². The van der Waals surface area contributed by atoms with Crippen LogP contribution in [0.2, 0.25) is 0 Å². The molecule has 0 bridgehead atoms. The van der Waals surface area contributed by atoms with Crippen molar-refractivity contribution in [3.05, 3.63) is 17.7 Å². The minimum Gasteiger partial charge on any atom is -0.493 e. The third-order valence-corrected chi connectivity index (χ3v) is 4.85. The molecule has 2 rings (SSSR count). The van der Waals surface area contributed by atoms with Crippen molar-refractivity contribution >= 4 is 5.97 Å². The van der Waals surface area contributed by atoms with Gasteiger partial charge in [0, 0.05) is 11.5 Å². The molecule has 1 saturated carbocycles. The van der Waals surface area contributed by atoms with Gasteiger partial charge in [0.1, 0.15) is 0 Å². The Morgan fingerprint density at radius 2 is 1.71 bits per heavy atom. The fraction of sp³-hybridized carbons (Fsp3) is 0.611.